The second-order valence-electron chi connectivity index (χ2n) is 6.44. The molecule has 4 aromatic rings. The highest BCUT2D eigenvalue weighted by molar-refractivity contribution is 7.16. The summed E-state index contributed by atoms with van der Waals surface area (Å²) in [6, 6.07) is 5.53. The molecular formula is C17H18N6O2S. The summed E-state index contributed by atoms with van der Waals surface area (Å²) < 4.78 is 4.73. The molecule has 134 valence electrons. The van der Waals surface area contributed by atoms with Crippen LogP contribution in [0.2, 0.25) is 0 Å². The fourth-order valence-electron chi connectivity index (χ4n) is 2.94. The number of aryl methyl sites for hydroxylation is 1. The Morgan fingerprint density at radius 1 is 1.31 bits per heavy atom. The van der Waals surface area contributed by atoms with E-state index in [0.29, 0.717) is 11.3 Å². The lowest BCUT2D eigenvalue weighted by Crippen LogP contribution is -2.32. The maximum absolute atomic E-state index is 12.8. The summed E-state index contributed by atoms with van der Waals surface area (Å²) >= 11 is 1.57. The molecule has 0 aliphatic rings. The number of rotatable bonds is 4. The van der Waals surface area contributed by atoms with Crippen molar-refractivity contribution in [2.45, 2.75) is 26.3 Å². The number of fused-ring (bicyclic) bond motifs is 3. The molecule has 26 heavy (non-hydrogen) atoms. The van der Waals surface area contributed by atoms with Gasteiger partial charge in [-0.3, -0.25) is 18.7 Å². The lowest BCUT2D eigenvalue weighted by Gasteiger charge is -2.12. The molecule has 9 heteroatoms. The van der Waals surface area contributed by atoms with Crippen molar-refractivity contribution in [3.05, 3.63) is 46.0 Å². The summed E-state index contributed by atoms with van der Waals surface area (Å²) in [6.07, 6.45) is 1.73. The van der Waals surface area contributed by atoms with Crippen LogP contribution in [-0.4, -0.2) is 29.9 Å². The van der Waals surface area contributed by atoms with Gasteiger partial charge in [-0.05, 0) is 17.5 Å². The van der Waals surface area contributed by atoms with E-state index in [2.05, 4.69) is 15.5 Å². The maximum atomic E-state index is 12.8. The van der Waals surface area contributed by atoms with Crippen molar-refractivity contribution in [2.24, 2.45) is 7.05 Å². The van der Waals surface area contributed by atoms with Crippen LogP contribution in [0.4, 0.5) is 5.82 Å². The number of thiophene rings is 1. The Morgan fingerprint density at radius 3 is 2.81 bits per heavy atom. The van der Waals surface area contributed by atoms with E-state index in [1.165, 1.54) is 4.68 Å². The molecule has 0 fully saturated rings. The first-order valence-electron chi connectivity index (χ1n) is 8.23. The molecule has 0 bridgehead atoms. The molecule has 0 saturated heterocycles. The number of amides is 1. The van der Waals surface area contributed by atoms with Crippen molar-refractivity contribution < 1.29 is 4.79 Å². The van der Waals surface area contributed by atoms with Gasteiger partial charge in [0.2, 0.25) is 5.91 Å². The van der Waals surface area contributed by atoms with Crippen molar-refractivity contribution in [3.8, 4) is 0 Å². The highest BCUT2D eigenvalue weighted by Crippen LogP contribution is 2.26. The molecule has 8 nitrogen and oxygen atoms in total. The zero-order chi connectivity index (χ0) is 18.4. The molecule has 0 saturated carbocycles. The van der Waals surface area contributed by atoms with Gasteiger partial charge in [-0.2, -0.15) is 10.2 Å². The smallest absolute Gasteiger partial charge is 0.291 e. The van der Waals surface area contributed by atoms with E-state index in [-0.39, 0.29) is 23.9 Å². The van der Waals surface area contributed by atoms with Gasteiger partial charge in [0.25, 0.3) is 5.56 Å². The molecule has 0 unspecified atom stereocenters. The lowest BCUT2D eigenvalue weighted by atomic mass is 10.2. The fraction of sp³-hybridized carbons (Fsp3) is 0.294. The summed E-state index contributed by atoms with van der Waals surface area (Å²) in [5.41, 5.74) is 0.255. The maximum Gasteiger partial charge on any atom is 0.291 e. The summed E-state index contributed by atoms with van der Waals surface area (Å²) in [7, 11) is 1.77. The highest BCUT2D eigenvalue weighted by Gasteiger charge is 2.18. The van der Waals surface area contributed by atoms with Gasteiger partial charge >= 0.3 is 0 Å². The third-order valence-electron chi connectivity index (χ3n) is 4.11. The van der Waals surface area contributed by atoms with E-state index in [1.54, 1.807) is 35.3 Å². The van der Waals surface area contributed by atoms with E-state index in [9.17, 15) is 9.59 Å². The summed E-state index contributed by atoms with van der Waals surface area (Å²) in [5.74, 6) is 0.952. The lowest BCUT2D eigenvalue weighted by molar-refractivity contribution is -0.117. The van der Waals surface area contributed by atoms with Crippen molar-refractivity contribution in [2.75, 3.05) is 5.32 Å². The first kappa shape index (κ1) is 16.5. The number of anilines is 1. The van der Waals surface area contributed by atoms with Crippen molar-refractivity contribution in [3.63, 3.8) is 0 Å². The molecule has 0 aliphatic heterocycles. The van der Waals surface area contributed by atoms with Gasteiger partial charge in [0.1, 0.15) is 22.7 Å². The minimum absolute atomic E-state index is 0.0981. The quantitative estimate of drug-likeness (QED) is 0.597. The highest BCUT2D eigenvalue weighted by atomic mass is 32.1. The molecule has 4 heterocycles. The normalized spacial score (nSPS) is 11.7. The topological polar surface area (TPSA) is 86.2 Å². The standard InChI is InChI=1S/C17H18N6O2S/c1-10(2)15-20-22(9-14(24)18-13-4-6-21(3)19-13)16(25)12-8-11-5-7-26-17(11)23(12)15/h4-8,10H,9H2,1-3H3,(H,18,19,24). The third kappa shape index (κ3) is 2.70. The van der Waals surface area contributed by atoms with E-state index < -0.39 is 0 Å². The zero-order valence-corrected chi connectivity index (χ0v) is 15.4. The first-order chi connectivity index (χ1) is 12.4. The van der Waals surface area contributed by atoms with Crippen LogP contribution in [-0.2, 0) is 18.4 Å². The summed E-state index contributed by atoms with van der Waals surface area (Å²) in [6.45, 7) is 3.87. The van der Waals surface area contributed by atoms with E-state index in [4.69, 9.17) is 0 Å². The predicted molar refractivity (Wildman–Crippen MR) is 101 cm³/mol. The second-order valence-corrected chi connectivity index (χ2v) is 7.34. The molecular weight excluding hydrogens is 352 g/mol. The Bertz CT molecular complexity index is 1180. The number of nitrogens with zero attached hydrogens (tertiary/aromatic N) is 5. The molecule has 0 aliphatic carbocycles. The van der Waals surface area contributed by atoms with Crippen LogP contribution >= 0.6 is 11.3 Å². The largest absolute Gasteiger partial charge is 0.308 e. The Balaban J connectivity index is 1.76. The fourth-order valence-corrected chi connectivity index (χ4v) is 3.84. The third-order valence-corrected chi connectivity index (χ3v) is 5.02. The Kier molecular flexibility index (Phi) is 3.87. The molecule has 0 radical (unpaired) electrons. The monoisotopic (exact) mass is 370 g/mol. The average molecular weight is 370 g/mol. The molecule has 4 aromatic heterocycles. The molecule has 1 N–H and O–H groups in total. The minimum atomic E-state index is -0.342. The van der Waals surface area contributed by atoms with Gasteiger partial charge in [0, 0.05) is 30.6 Å². The Morgan fingerprint density at radius 2 is 2.12 bits per heavy atom. The molecule has 0 spiro atoms. The second kappa shape index (κ2) is 6.10. The van der Waals surface area contributed by atoms with Crippen LogP contribution in [0, 0.1) is 0 Å². The van der Waals surface area contributed by atoms with Crippen molar-refractivity contribution >= 4 is 38.8 Å². The van der Waals surface area contributed by atoms with Crippen LogP contribution in [0.15, 0.2) is 34.6 Å². The summed E-state index contributed by atoms with van der Waals surface area (Å²) in [4.78, 5) is 26.2. The SMILES string of the molecule is CC(C)c1nn(CC(=O)Nc2ccn(C)n2)c(=O)c2cc3ccsc3n12. The summed E-state index contributed by atoms with van der Waals surface area (Å²) in [5, 5.41) is 14.3. The Hall–Kier alpha value is -2.94. The number of hydrogen-bond acceptors (Lipinski definition) is 5. The predicted octanol–water partition coefficient (Wildman–Crippen LogP) is 2.21. The van der Waals surface area contributed by atoms with Crippen LogP contribution in [0.3, 0.4) is 0 Å². The van der Waals surface area contributed by atoms with Gasteiger partial charge in [-0.1, -0.05) is 13.8 Å². The zero-order valence-electron chi connectivity index (χ0n) is 14.6. The van der Waals surface area contributed by atoms with E-state index in [0.717, 1.165) is 16.0 Å². The number of carbonyl (C=O) groups excluding carboxylic acids is 1. The van der Waals surface area contributed by atoms with Gasteiger partial charge in [0.15, 0.2) is 5.82 Å². The first-order valence-corrected chi connectivity index (χ1v) is 9.11. The van der Waals surface area contributed by atoms with Gasteiger partial charge in [-0.25, -0.2) is 4.68 Å². The van der Waals surface area contributed by atoms with E-state index in [1.807, 2.05) is 35.8 Å². The van der Waals surface area contributed by atoms with Gasteiger partial charge in [-0.15, -0.1) is 11.3 Å². The van der Waals surface area contributed by atoms with Crippen molar-refractivity contribution in [1.29, 1.82) is 0 Å². The number of hydrogen-bond donors (Lipinski definition) is 1. The van der Waals surface area contributed by atoms with Gasteiger partial charge in [0.05, 0.1) is 0 Å². The number of nitrogens with one attached hydrogen (secondary N) is 1. The van der Waals surface area contributed by atoms with Crippen LogP contribution in [0.5, 0.6) is 0 Å². The average Bonchev–Trinajstić information content (AvgIpc) is 3.26. The minimum Gasteiger partial charge on any atom is -0.308 e. The molecule has 1 amide bonds. The van der Waals surface area contributed by atoms with Crippen LogP contribution < -0.4 is 10.9 Å². The number of carbonyl (C=O) groups is 1. The molecule has 4 rings (SSSR count). The van der Waals surface area contributed by atoms with Crippen LogP contribution in [0.25, 0.3) is 15.7 Å². The van der Waals surface area contributed by atoms with Crippen molar-refractivity contribution in [1.82, 2.24) is 24.0 Å². The molecule has 0 atom stereocenters. The molecule has 0 aromatic carbocycles. The number of aromatic nitrogens is 5. The van der Waals surface area contributed by atoms with Crippen LogP contribution in [0.1, 0.15) is 25.6 Å². The van der Waals surface area contributed by atoms with E-state index >= 15 is 0 Å². The Labute approximate surface area is 152 Å². The van der Waals surface area contributed by atoms with Gasteiger partial charge < -0.3 is 5.32 Å².